The third kappa shape index (κ3) is 4.25. The number of halogens is 2. The molecule has 0 aliphatic heterocycles. The first-order valence-corrected chi connectivity index (χ1v) is 7.11. The van der Waals surface area contributed by atoms with Gasteiger partial charge in [0.15, 0.2) is 0 Å². The largest absolute Gasteiger partial charge is 0.424 e. The van der Waals surface area contributed by atoms with E-state index in [4.69, 9.17) is 16.0 Å². The number of aromatic nitrogens is 2. The molecule has 6 heteroatoms. The zero-order valence-corrected chi connectivity index (χ0v) is 13.4. The predicted octanol–water partition coefficient (Wildman–Crippen LogP) is 3.97. The normalized spacial score (nSPS) is 12.1. The minimum Gasteiger partial charge on any atom is -0.424 e. The lowest BCUT2D eigenvalue weighted by Crippen LogP contribution is -2.40. The number of rotatable bonds is 4. The lowest BCUT2D eigenvalue weighted by molar-refractivity contribution is 0.106. The average molecular weight is 312 g/mol. The maximum absolute atomic E-state index is 13.4. The summed E-state index contributed by atoms with van der Waals surface area (Å²) >= 11 is 6.15. The quantitative estimate of drug-likeness (QED) is 0.856. The molecule has 0 saturated heterocycles. The number of nitrogens with zero attached hydrogens (tertiary/aromatic N) is 3. The van der Waals surface area contributed by atoms with Gasteiger partial charge in [0.1, 0.15) is 5.82 Å². The van der Waals surface area contributed by atoms with Gasteiger partial charge in [-0.05, 0) is 44.5 Å². The van der Waals surface area contributed by atoms with Crippen LogP contribution in [0.1, 0.15) is 38.1 Å². The van der Waals surface area contributed by atoms with Crippen LogP contribution in [0.25, 0.3) is 0 Å². The molecule has 0 amide bonds. The maximum atomic E-state index is 13.4. The molecule has 0 unspecified atom stereocenters. The van der Waals surface area contributed by atoms with Crippen molar-refractivity contribution >= 4 is 11.6 Å². The summed E-state index contributed by atoms with van der Waals surface area (Å²) in [4.78, 5) is 2.11. The Labute approximate surface area is 128 Å². The lowest BCUT2D eigenvalue weighted by atomic mass is 10.0. The number of hydrogen-bond acceptors (Lipinski definition) is 4. The van der Waals surface area contributed by atoms with Crippen LogP contribution < -0.4 is 0 Å². The van der Waals surface area contributed by atoms with Crippen molar-refractivity contribution in [1.82, 2.24) is 15.1 Å². The van der Waals surface area contributed by atoms with Crippen LogP contribution in [0.2, 0.25) is 5.02 Å². The van der Waals surface area contributed by atoms with Crippen molar-refractivity contribution < 1.29 is 8.81 Å². The van der Waals surface area contributed by atoms with Crippen LogP contribution in [-0.4, -0.2) is 20.6 Å². The molecule has 0 N–H and O–H groups in total. The van der Waals surface area contributed by atoms with Crippen LogP contribution in [0.3, 0.4) is 0 Å². The molecule has 0 saturated carbocycles. The summed E-state index contributed by atoms with van der Waals surface area (Å²) in [5.41, 5.74) is 0.584. The Morgan fingerprint density at radius 3 is 2.52 bits per heavy atom. The van der Waals surface area contributed by atoms with Gasteiger partial charge in [0.25, 0.3) is 0 Å². The molecule has 0 spiro atoms. The van der Waals surface area contributed by atoms with Crippen LogP contribution in [0.5, 0.6) is 0 Å². The topological polar surface area (TPSA) is 42.2 Å². The van der Waals surface area contributed by atoms with Crippen molar-refractivity contribution in [2.24, 2.45) is 0 Å². The van der Waals surface area contributed by atoms with Crippen molar-refractivity contribution in [2.45, 2.75) is 46.3 Å². The highest BCUT2D eigenvalue weighted by molar-refractivity contribution is 6.31. The van der Waals surface area contributed by atoms with Crippen LogP contribution in [0.4, 0.5) is 4.39 Å². The van der Waals surface area contributed by atoms with Gasteiger partial charge >= 0.3 is 0 Å². The molecule has 1 aromatic heterocycles. The second kappa shape index (κ2) is 6.12. The van der Waals surface area contributed by atoms with E-state index in [1.54, 1.807) is 13.0 Å². The van der Waals surface area contributed by atoms with E-state index in [0.29, 0.717) is 29.9 Å². The molecule has 21 heavy (non-hydrogen) atoms. The van der Waals surface area contributed by atoms with Gasteiger partial charge in [0.2, 0.25) is 11.8 Å². The van der Waals surface area contributed by atoms with E-state index >= 15 is 0 Å². The van der Waals surface area contributed by atoms with Gasteiger partial charge in [0, 0.05) is 24.0 Å². The summed E-state index contributed by atoms with van der Waals surface area (Å²) < 4.78 is 18.8. The van der Waals surface area contributed by atoms with E-state index < -0.39 is 0 Å². The fourth-order valence-corrected chi connectivity index (χ4v) is 2.14. The summed E-state index contributed by atoms with van der Waals surface area (Å²) in [7, 11) is 0. The van der Waals surface area contributed by atoms with Gasteiger partial charge in [-0.25, -0.2) is 4.39 Å². The van der Waals surface area contributed by atoms with Gasteiger partial charge in [0.05, 0.1) is 6.54 Å². The van der Waals surface area contributed by atoms with E-state index in [9.17, 15) is 4.39 Å². The van der Waals surface area contributed by atoms with Crippen LogP contribution in [0, 0.1) is 12.7 Å². The zero-order valence-electron chi connectivity index (χ0n) is 12.7. The highest BCUT2D eigenvalue weighted by Crippen LogP contribution is 2.24. The van der Waals surface area contributed by atoms with Gasteiger partial charge in [-0.1, -0.05) is 11.6 Å². The van der Waals surface area contributed by atoms with Crippen LogP contribution in [0.15, 0.2) is 22.6 Å². The first-order chi connectivity index (χ1) is 9.75. The molecular weight excluding hydrogens is 293 g/mol. The van der Waals surface area contributed by atoms with E-state index in [1.807, 2.05) is 0 Å². The molecule has 114 valence electrons. The summed E-state index contributed by atoms with van der Waals surface area (Å²) in [6.07, 6.45) is 0. The minimum atomic E-state index is -0.295. The monoisotopic (exact) mass is 311 g/mol. The highest BCUT2D eigenvalue weighted by Gasteiger charge is 2.24. The summed E-state index contributed by atoms with van der Waals surface area (Å²) in [6, 6.07) is 4.39. The van der Waals surface area contributed by atoms with Gasteiger partial charge in [-0.2, -0.15) is 0 Å². The number of hydrogen-bond donors (Lipinski definition) is 0. The van der Waals surface area contributed by atoms with E-state index in [2.05, 4.69) is 35.9 Å². The van der Waals surface area contributed by atoms with Crippen LogP contribution >= 0.6 is 11.6 Å². The minimum absolute atomic E-state index is 0.155. The molecule has 4 nitrogen and oxygen atoms in total. The Balaban J connectivity index is 2.22. The summed E-state index contributed by atoms with van der Waals surface area (Å²) in [6.45, 7) is 8.95. The molecule has 0 aliphatic carbocycles. The molecule has 2 rings (SSSR count). The first kappa shape index (κ1) is 15.9. The Hall–Kier alpha value is -1.46. The van der Waals surface area contributed by atoms with E-state index in [-0.39, 0.29) is 11.4 Å². The first-order valence-electron chi connectivity index (χ1n) is 6.73. The molecule has 2 aromatic rings. The second-order valence-corrected chi connectivity index (χ2v) is 6.38. The average Bonchev–Trinajstić information content (AvgIpc) is 2.77. The predicted molar refractivity (Wildman–Crippen MR) is 79.4 cm³/mol. The molecule has 0 radical (unpaired) electrons. The Morgan fingerprint density at radius 1 is 1.24 bits per heavy atom. The molecule has 0 fully saturated rings. The second-order valence-electron chi connectivity index (χ2n) is 5.98. The smallest absolute Gasteiger partial charge is 0.230 e. The summed E-state index contributed by atoms with van der Waals surface area (Å²) in [5, 5.41) is 8.39. The fraction of sp³-hybridized carbons (Fsp3) is 0.467. The lowest BCUT2D eigenvalue weighted by Gasteiger charge is -2.34. The van der Waals surface area contributed by atoms with Gasteiger partial charge < -0.3 is 4.42 Å². The SMILES string of the molecule is Cc1nnc(CN(Cc2cc(F)ccc2Cl)C(C)(C)C)o1. The fourth-order valence-electron chi connectivity index (χ4n) is 1.97. The van der Waals surface area contributed by atoms with Crippen LogP contribution in [-0.2, 0) is 13.1 Å². The maximum Gasteiger partial charge on any atom is 0.230 e. The molecule has 0 aliphatic rings. The highest BCUT2D eigenvalue weighted by atomic mass is 35.5. The van der Waals surface area contributed by atoms with Crippen molar-refractivity contribution in [2.75, 3.05) is 0 Å². The molecule has 0 bridgehead atoms. The molecule has 1 heterocycles. The molecular formula is C15H19ClFN3O. The third-order valence-electron chi connectivity index (χ3n) is 3.21. The molecule has 0 atom stereocenters. The standard InChI is InChI=1S/C15H19ClFN3O/c1-10-18-19-14(21-10)9-20(15(2,3)4)8-11-7-12(17)5-6-13(11)16/h5-7H,8-9H2,1-4H3. The molecule has 1 aromatic carbocycles. The van der Waals surface area contributed by atoms with Crippen molar-refractivity contribution in [3.63, 3.8) is 0 Å². The van der Waals surface area contributed by atoms with Crippen molar-refractivity contribution in [3.8, 4) is 0 Å². The van der Waals surface area contributed by atoms with Crippen molar-refractivity contribution in [1.29, 1.82) is 0 Å². The van der Waals surface area contributed by atoms with E-state index in [1.165, 1.54) is 12.1 Å². The number of aryl methyl sites for hydroxylation is 1. The van der Waals surface area contributed by atoms with Crippen molar-refractivity contribution in [3.05, 3.63) is 46.4 Å². The van der Waals surface area contributed by atoms with Gasteiger partial charge in [-0.15, -0.1) is 10.2 Å². The number of benzene rings is 1. The Morgan fingerprint density at radius 2 is 1.95 bits per heavy atom. The third-order valence-corrected chi connectivity index (χ3v) is 3.58. The Kier molecular flexibility index (Phi) is 4.64. The Bertz CT molecular complexity index is 622. The zero-order chi connectivity index (χ0) is 15.6. The van der Waals surface area contributed by atoms with Gasteiger partial charge in [-0.3, -0.25) is 4.90 Å². The summed E-state index contributed by atoms with van der Waals surface area (Å²) in [5.74, 6) is 0.773. The van der Waals surface area contributed by atoms with E-state index in [0.717, 1.165) is 5.56 Å².